The second kappa shape index (κ2) is 4.16. The summed E-state index contributed by atoms with van der Waals surface area (Å²) in [5, 5.41) is 12.1. The molecule has 0 saturated carbocycles. The Morgan fingerprint density at radius 1 is 1.40 bits per heavy atom. The summed E-state index contributed by atoms with van der Waals surface area (Å²) in [5.74, 6) is 0. The highest BCUT2D eigenvalue weighted by Crippen LogP contribution is 2.27. The lowest BCUT2D eigenvalue weighted by molar-refractivity contribution is 0.412. The Balaban J connectivity index is 2.34. The molecule has 0 aliphatic heterocycles. The Bertz CT molecular complexity index is 488. The Hall–Kier alpha value is -1.79. The highest BCUT2D eigenvalue weighted by atomic mass is 35.5. The second-order valence-electron chi connectivity index (χ2n) is 3.02. The van der Waals surface area contributed by atoms with Gasteiger partial charge in [-0.2, -0.15) is 5.26 Å². The molecule has 0 aliphatic carbocycles. The first-order valence-electron chi connectivity index (χ1n) is 4.35. The Morgan fingerprint density at radius 2 is 2.27 bits per heavy atom. The van der Waals surface area contributed by atoms with Crippen LogP contribution in [0.2, 0.25) is 0 Å². The molecule has 0 radical (unpaired) electrons. The van der Waals surface area contributed by atoms with Crippen LogP contribution in [0, 0.1) is 11.3 Å². The molecule has 1 heterocycles. The van der Waals surface area contributed by atoms with Crippen molar-refractivity contribution in [1.82, 2.24) is 5.16 Å². The van der Waals surface area contributed by atoms with Crippen molar-refractivity contribution in [3.05, 3.63) is 53.4 Å². The maximum absolute atomic E-state index is 8.75. The molecule has 1 unspecified atom stereocenters. The predicted octanol–water partition coefficient (Wildman–Crippen LogP) is 2.87. The quantitative estimate of drug-likeness (QED) is 0.729. The normalized spacial score (nSPS) is 12.0. The van der Waals surface area contributed by atoms with Crippen molar-refractivity contribution in [2.24, 2.45) is 0 Å². The van der Waals surface area contributed by atoms with Crippen LogP contribution in [0.25, 0.3) is 0 Å². The third kappa shape index (κ3) is 2.00. The Kier molecular flexibility index (Phi) is 2.70. The predicted molar refractivity (Wildman–Crippen MR) is 55.4 cm³/mol. The number of alkyl halides is 1. The smallest absolute Gasteiger partial charge is 0.124 e. The van der Waals surface area contributed by atoms with Gasteiger partial charge < -0.3 is 4.52 Å². The summed E-state index contributed by atoms with van der Waals surface area (Å²) in [6.07, 6.45) is 1.47. The van der Waals surface area contributed by atoms with Crippen LogP contribution in [0.3, 0.4) is 0 Å². The Morgan fingerprint density at radius 3 is 2.93 bits per heavy atom. The molecule has 0 spiro atoms. The van der Waals surface area contributed by atoms with E-state index in [0.29, 0.717) is 11.3 Å². The molecular weight excluding hydrogens is 212 g/mol. The first-order chi connectivity index (χ1) is 7.31. The lowest BCUT2D eigenvalue weighted by Gasteiger charge is -2.05. The molecule has 0 N–H and O–H groups in total. The van der Waals surface area contributed by atoms with Crippen molar-refractivity contribution >= 4 is 11.6 Å². The average Bonchev–Trinajstić information content (AvgIpc) is 2.81. The van der Waals surface area contributed by atoms with Gasteiger partial charge in [0.05, 0.1) is 11.6 Å². The molecule has 1 atom stereocenters. The zero-order valence-electron chi connectivity index (χ0n) is 7.72. The number of nitriles is 1. The first kappa shape index (κ1) is 9.75. The summed E-state index contributed by atoms with van der Waals surface area (Å²) in [6.45, 7) is 0. The molecule has 74 valence electrons. The molecule has 1 aromatic heterocycles. The summed E-state index contributed by atoms with van der Waals surface area (Å²) < 4.78 is 4.71. The molecule has 15 heavy (non-hydrogen) atoms. The van der Waals surface area contributed by atoms with Gasteiger partial charge in [0.2, 0.25) is 0 Å². The van der Waals surface area contributed by atoms with Crippen molar-refractivity contribution in [2.45, 2.75) is 5.38 Å². The van der Waals surface area contributed by atoms with Crippen molar-refractivity contribution < 1.29 is 4.52 Å². The van der Waals surface area contributed by atoms with E-state index in [2.05, 4.69) is 11.2 Å². The van der Waals surface area contributed by atoms with Gasteiger partial charge >= 0.3 is 0 Å². The SMILES string of the molecule is N#Cc1cccc(C(Cl)c2ccon2)c1. The standard InChI is InChI=1S/C11H7ClN2O/c12-11(10-4-5-15-14-10)9-3-1-2-8(6-9)7-13/h1-6,11H. The molecule has 2 rings (SSSR count). The first-order valence-corrected chi connectivity index (χ1v) is 4.79. The molecule has 0 aliphatic rings. The maximum atomic E-state index is 8.75. The fourth-order valence-corrected chi connectivity index (χ4v) is 1.54. The summed E-state index contributed by atoms with van der Waals surface area (Å²) in [5.41, 5.74) is 2.07. The molecule has 2 aromatic rings. The van der Waals surface area contributed by atoms with Crippen LogP contribution in [0.1, 0.15) is 22.2 Å². The second-order valence-corrected chi connectivity index (χ2v) is 3.46. The number of benzene rings is 1. The molecule has 0 saturated heterocycles. The topological polar surface area (TPSA) is 49.8 Å². The number of aromatic nitrogens is 1. The van der Waals surface area contributed by atoms with E-state index in [1.165, 1.54) is 6.26 Å². The van der Waals surface area contributed by atoms with Crippen molar-refractivity contribution in [2.75, 3.05) is 0 Å². The van der Waals surface area contributed by atoms with E-state index in [1.807, 2.05) is 6.07 Å². The third-order valence-electron chi connectivity index (χ3n) is 2.03. The molecule has 3 nitrogen and oxygen atoms in total. The van der Waals surface area contributed by atoms with Gasteiger partial charge in [-0.05, 0) is 17.7 Å². The molecule has 1 aromatic carbocycles. The molecule has 0 amide bonds. The minimum absolute atomic E-state index is 0.378. The summed E-state index contributed by atoms with van der Waals surface area (Å²) in [7, 11) is 0. The number of hydrogen-bond donors (Lipinski definition) is 0. The Labute approximate surface area is 91.9 Å². The lowest BCUT2D eigenvalue weighted by atomic mass is 10.1. The third-order valence-corrected chi connectivity index (χ3v) is 2.50. The van der Waals surface area contributed by atoms with Crippen LogP contribution in [0.5, 0.6) is 0 Å². The minimum atomic E-state index is -0.378. The fourth-order valence-electron chi connectivity index (χ4n) is 1.29. The van der Waals surface area contributed by atoms with E-state index in [9.17, 15) is 0 Å². The van der Waals surface area contributed by atoms with E-state index in [4.69, 9.17) is 21.4 Å². The number of nitrogens with zero attached hydrogens (tertiary/aromatic N) is 2. The summed E-state index contributed by atoms with van der Waals surface area (Å²) >= 11 is 6.17. The van der Waals surface area contributed by atoms with E-state index in [-0.39, 0.29) is 5.38 Å². The number of halogens is 1. The van der Waals surface area contributed by atoms with Crippen molar-refractivity contribution in [3.63, 3.8) is 0 Å². The van der Waals surface area contributed by atoms with Crippen molar-refractivity contribution in [1.29, 1.82) is 5.26 Å². The maximum Gasteiger partial charge on any atom is 0.124 e. The van der Waals surface area contributed by atoms with Gasteiger partial charge in [0.1, 0.15) is 17.3 Å². The summed E-state index contributed by atoms with van der Waals surface area (Å²) in [4.78, 5) is 0. The van der Waals surface area contributed by atoms with Crippen LogP contribution in [0.15, 0.2) is 41.1 Å². The van der Waals surface area contributed by atoms with Gasteiger partial charge in [-0.25, -0.2) is 0 Å². The van der Waals surface area contributed by atoms with Gasteiger partial charge in [0.25, 0.3) is 0 Å². The lowest BCUT2D eigenvalue weighted by Crippen LogP contribution is -1.93. The van der Waals surface area contributed by atoms with Crippen LogP contribution >= 0.6 is 11.6 Å². The van der Waals surface area contributed by atoms with E-state index in [1.54, 1.807) is 24.3 Å². The minimum Gasteiger partial charge on any atom is -0.364 e. The number of rotatable bonds is 2. The fraction of sp³-hybridized carbons (Fsp3) is 0.0909. The average molecular weight is 219 g/mol. The van der Waals surface area contributed by atoms with Crippen LogP contribution in [-0.4, -0.2) is 5.16 Å². The highest BCUT2D eigenvalue weighted by Gasteiger charge is 2.13. The molecule has 0 bridgehead atoms. The van der Waals surface area contributed by atoms with E-state index >= 15 is 0 Å². The monoisotopic (exact) mass is 218 g/mol. The van der Waals surface area contributed by atoms with E-state index < -0.39 is 0 Å². The zero-order chi connectivity index (χ0) is 10.7. The van der Waals surface area contributed by atoms with Gasteiger partial charge in [-0.3, -0.25) is 0 Å². The van der Waals surface area contributed by atoms with Crippen molar-refractivity contribution in [3.8, 4) is 6.07 Å². The van der Waals surface area contributed by atoms with Gasteiger partial charge in [0, 0.05) is 6.07 Å². The largest absolute Gasteiger partial charge is 0.364 e. The van der Waals surface area contributed by atoms with Crippen LogP contribution in [0.4, 0.5) is 0 Å². The van der Waals surface area contributed by atoms with Gasteiger partial charge in [0.15, 0.2) is 0 Å². The van der Waals surface area contributed by atoms with Crippen LogP contribution in [-0.2, 0) is 0 Å². The molecule has 0 fully saturated rings. The molecular formula is C11H7ClN2O. The van der Waals surface area contributed by atoms with Crippen LogP contribution < -0.4 is 0 Å². The van der Waals surface area contributed by atoms with E-state index in [0.717, 1.165) is 5.56 Å². The molecule has 4 heteroatoms. The van der Waals surface area contributed by atoms with Gasteiger partial charge in [-0.1, -0.05) is 17.3 Å². The number of hydrogen-bond acceptors (Lipinski definition) is 3. The van der Waals surface area contributed by atoms with Gasteiger partial charge in [-0.15, -0.1) is 11.6 Å². The summed E-state index contributed by atoms with van der Waals surface area (Å²) in [6, 6.07) is 10.9. The highest BCUT2D eigenvalue weighted by molar-refractivity contribution is 6.22. The zero-order valence-corrected chi connectivity index (χ0v) is 8.48.